The molecule has 0 spiro atoms. The van der Waals surface area contributed by atoms with E-state index in [0.29, 0.717) is 11.9 Å². The van der Waals surface area contributed by atoms with Crippen molar-refractivity contribution in [2.24, 2.45) is 0 Å². The number of aromatic nitrogens is 2. The van der Waals surface area contributed by atoms with E-state index in [1.54, 1.807) is 11.8 Å². The first-order valence-corrected chi connectivity index (χ1v) is 7.95. The van der Waals surface area contributed by atoms with E-state index in [2.05, 4.69) is 53.6 Å². The summed E-state index contributed by atoms with van der Waals surface area (Å²) >= 11 is 1.79. The molecule has 1 N–H and O–H groups in total. The molecule has 21 heavy (non-hydrogen) atoms. The van der Waals surface area contributed by atoms with Crippen molar-refractivity contribution in [3.05, 3.63) is 47.1 Å². The van der Waals surface area contributed by atoms with Crippen LogP contribution in [0.3, 0.4) is 0 Å². The third-order valence-corrected chi connectivity index (χ3v) is 4.10. The van der Waals surface area contributed by atoms with E-state index in [4.69, 9.17) is 4.52 Å². The average molecular weight is 328 g/mol. The Kier molecular flexibility index (Phi) is 7.78. The lowest BCUT2D eigenvalue weighted by atomic mass is 10.2. The zero-order valence-corrected chi connectivity index (χ0v) is 14.3. The molecule has 116 valence electrons. The van der Waals surface area contributed by atoms with Crippen molar-refractivity contribution in [3.63, 3.8) is 0 Å². The maximum Gasteiger partial charge on any atom is 0.236 e. The molecule has 1 aromatic carbocycles. The minimum atomic E-state index is 0. The van der Waals surface area contributed by atoms with Gasteiger partial charge in [0.2, 0.25) is 5.89 Å². The summed E-state index contributed by atoms with van der Waals surface area (Å²) in [6, 6.07) is 8.96. The van der Waals surface area contributed by atoms with Gasteiger partial charge < -0.3 is 9.84 Å². The van der Waals surface area contributed by atoms with Gasteiger partial charge in [0.1, 0.15) is 0 Å². The number of nitrogens with one attached hydrogen (secondary N) is 1. The van der Waals surface area contributed by atoms with Gasteiger partial charge in [-0.2, -0.15) is 4.98 Å². The second-order valence-electron chi connectivity index (χ2n) is 4.98. The minimum absolute atomic E-state index is 0. The molecule has 1 aromatic heterocycles. The van der Waals surface area contributed by atoms with Crippen LogP contribution < -0.4 is 5.32 Å². The van der Waals surface area contributed by atoms with E-state index >= 15 is 0 Å². The van der Waals surface area contributed by atoms with E-state index in [-0.39, 0.29) is 12.4 Å². The molecule has 2 rings (SSSR count). The van der Waals surface area contributed by atoms with Crippen molar-refractivity contribution in [3.8, 4) is 0 Å². The molecule has 0 aliphatic rings. The van der Waals surface area contributed by atoms with Gasteiger partial charge in [0.15, 0.2) is 5.82 Å². The topological polar surface area (TPSA) is 51.0 Å². The summed E-state index contributed by atoms with van der Waals surface area (Å²) in [6.07, 6.45) is 0.794. The summed E-state index contributed by atoms with van der Waals surface area (Å²) < 4.78 is 5.26. The maximum absolute atomic E-state index is 5.26. The standard InChI is InChI=1S/C15H21N3OS.ClH/c1-11-4-6-13(7-5-11)9-20-10-15-17-14(18-19-15)8-12(2)16-3;/h4-7,12,16H,8-10H2,1-3H3;1H. The summed E-state index contributed by atoms with van der Waals surface area (Å²) in [4.78, 5) is 4.40. The third kappa shape index (κ3) is 6.08. The Morgan fingerprint density at radius 1 is 1.24 bits per heavy atom. The SMILES string of the molecule is CNC(C)Cc1noc(CSCc2ccc(C)cc2)n1.Cl. The van der Waals surface area contributed by atoms with Crippen molar-refractivity contribution < 1.29 is 4.52 Å². The van der Waals surface area contributed by atoms with Gasteiger partial charge in [-0.1, -0.05) is 35.0 Å². The molecule has 1 atom stereocenters. The number of rotatable bonds is 7. The molecular weight excluding hydrogens is 306 g/mol. The molecular formula is C15H22ClN3OS. The first kappa shape index (κ1) is 18.0. The Morgan fingerprint density at radius 2 is 1.95 bits per heavy atom. The number of hydrogen-bond donors (Lipinski definition) is 1. The van der Waals surface area contributed by atoms with Crippen LogP contribution in [0.5, 0.6) is 0 Å². The highest BCUT2D eigenvalue weighted by molar-refractivity contribution is 7.97. The summed E-state index contributed by atoms with van der Waals surface area (Å²) in [5.74, 6) is 3.21. The predicted molar refractivity (Wildman–Crippen MR) is 89.9 cm³/mol. The first-order valence-electron chi connectivity index (χ1n) is 6.79. The third-order valence-electron chi connectivity index (χ3n) is 3.11. The zero-order chi connectivity index (χ0) is 14.4. The second-order valence-corrected chi connectivity index (χ2v) is 5.96. The van der Waals surface area contributed by atoms with Gasteiger partial charge in [-0.3, -0.25) is 0 Å². The minimum Gasteiger partial charge on any atom is -0.338 e. The molecule has 2 aromatic rings. The number of hydrogen-bond acceptors (Lipinski definition) is 5. The van der Waals surface area contributed by atoms with Crippen molar-refractivity contribution in [1.82, 2.24) is 15.5 Å². The van der Waals surface area contributed by atoms with Crippen LogP contribution in [0.4, 0.5) is 0 Å². The van der Waals surface area contributed by atoms with Crippen molar-refractivity contribution in [2.45, 2.75) is 37.8 Å². The van der Waals surface area contributed by atoms with Gasteiger partial charge in [-0.25, -0.2) is 0 Å². The molecule has 0 radical (unpaired) electrons. The highest BCUT2D eigenvalue weighted by atomic mass is 35.5. The molecule has 0 saturated carbocycles. The molecule has 0 fully saturated rings. The normalized spacial score (nSPS) is 12.0. The number of thioether (sulfide) groups is 1. The summed E-state index contributed by atoms with van der Waals surface area (Å²) in [7, 11) is 1.93. The van der Waals surface area contributed by atoms with Crippen LogP contribution in [-0.2, 0) is 17.9 Å². The molecule has 0 saturated heterocycles. The van der Waals surface area contributed by atoms with Gasteiger partial charge >= 0.3 is 0 Å². The highest BCUT2D eigenvalue weighted by Crippen LogP contribution is 2.17. The van der Waals surface area contributed by atoms with E-state index in [1.165, 1.54) is 11.1 Å². The van der Waals surface area contributed by atoms with Crippen LogP contribution in [0.1, 0.15) is 29.8 Å². The molecule has 6 heteroatoms. The maximum atomic E-state index is 5.26. The van der Waals surface area contributed by atoms with Crippen molar-refractivity contribution >= 4 is 24.2 Å². The Balaban J connectivity index is 0.00000220. The lowest BCUT2D eigenvalue weighted by molar-refractivity contribution is 0.382. The number of likely N-dealkylation sites (N-methyl/N-ethyl adjacent to an activating group) is 1. The lowest BCUT2D eigenvalue weighted by Gasteiger charge is -2.04. The van der Waals surface area contributed by atoms with E-state index in [9.17, 15) is 0 Å². The van der Waals surface area contributed by atoms with Crippen LogP contribution in [0, 0.1) is 6.92 Å². The van der Waals surface area contributed by atoms with Crippen LogP contribution >= 0.6 is 24.2 Å². The fourth-order valence-electron chi connectivity index (χ4n) is 1.75. The van der Waals surface area contributed by atoms with Crippen molar-refractivity contribution in [2.75, 3.05) is 7.05 Å². The largest absolute Gasteiger partial charge is 0.338 e. The van der Waals surface area contributed by atoms with E-state index < -0.39 is 0 Å². The summed E-state index contributed by atoms with van der Waals surface area (Å²) in [5.41, 5.74) is 2.61. The fourth-order valence-corrected chi connectivity index (χ4v) is 2.57. The average Bonchev–Trinajstić information content (AvgIpc) is 2.88. The van der Waals surface area contributed by atoms with Gasteiger partial charge in [0, 0.05) is 18.2 Å². The smallest absolute Gasteiger partial charge is 0.236 e. The van der Waals surface area contributed by atoms with Crippen LogP contribution in [0.15, 0.2) is 28.8 Å². The van der Waals surface area contributed by atoms with E-state index in [0.717, 1.165) is 23.8 Å². The zero-order valence-electron chi connectivity index (χ0n) is 12.6. The number of aryl methyl sites for hydroxylation is 1. The van der Waals surface area contributed by atoms with Crippen LogP contribution in [0.25, 0.3) is 0 Å². The molecule has 0 aliphatic heterocycles. The Hall–Kier alpha value is -1.04. The second kappa shape index (κ2) is 9.07. The molecule has 0 amide bonds. The monoisotopic (exact) mass is 327 g/mol. The summed E-state index contributed by atoms with van der Waals surface area (Å²) in [6.45, 7) is 4.20. The molecule has 4 nitrogen and oxygen atoms in total. The summed E-state index contributed by atoms with van der Waals surface area (Å²) in [5, 5.41) is 7.17. The number of benzene rings is 1. The van der Waals surface area contributed by atoms with Crippen molar-refractivity contribution in [1.29, 1.82) is 0 Å². The Bertz CT molecular complexity index is 530. The Morgan fingerprint density at radius 3 is 2.62 bits per heavy atom. The first-order chi connectivity index (χ1) is 9.67. The van der Waals surface area contributed by atoms with Gasteiger partial charge in [0.25, 0.3) is 0 Å². The van der Waals surface area contributed by atoms with Gasteiger partial charge in [-0.15, -0.1) is 24.2 Å². The van der Waals surface area contributed by atoms with E-state index in [1.807, 2.05) is 7.05 Å². The van der Waals surface area contributed by atoms with Crippen LogP contribution in [0.2, 0.25) is 0 Å². The predicted octanol–water partition coefficient (Wildman–Crippen LogP) is 3.38. The quantitative estimate of drug-likeness (QED) is 0.844. The Labute approximate surface area is 136 Å². The molecule has 1 unspecified atom stereocenters. The molecule has 0 bridgehead atoms. The molecule has 0 aliphatic carbocycles. The van der Waals surface area contributed by atoms with Gasteiger partial charge in [0.05, 0.1) is 5.75 Å². The van der Waals surface area contributed by atoms with Crippen LogP contribution in [-0.4, -0.2) is 23.2 Å². The molecule has 1 heterocycles. The fraction of sp³-hybridized carbons (Fsp3) is 0.467. The lowest BCUT2D eigenvalue weighted by Crippen LogP contribution is -2.24. The number of nitrogens with zero attached hydrogens (tertiary/aromatic N) is 2. The van der Waals surface area contributed by atoms with Gasteiger partial charge in [-0.05, 0) is 26.5 Å². The number of halogens is 1. The highest BCUT2D eigenvalue weighted by Gasteiger charge is 2.09.